The van der Waals surface area contributed by atoms with E-state index in [4.69, 9.17) is 4.74 Å². The van der Waals surface area contributed by atoms with Crippen molar-refractivity contribution in [1.29, 1.82) is 0 Å². The molecule has 3 heterocycles. The van der Waals surface area contributed by atoms with E-state index in [1.54, 1.807) is 31.4 Å². The lowest BCUT2D eigenvalue weighted by Gasteiger charge is -2.15. The number of benzene rings is 2. The molecule has 2 aliphatic rings. The minimum atomic E-state index is -0.257. The highest BCUT2D eigenvalue weighted by atomic mass is 16.5. The molecule has 0 saturated carbocycles. The number of rotatable bonds is 9. The number of nitrogens with zero attached hydrogens (tertiary/aromatic N) is 1. The fourth-order valence-electron chi connectivity index (χ4n) is 5.55. The summed E-state index contributed by atoms with van der Waals surface area (Å²) < 4.78 is 5.21. The standard InChI is InChI=1S/C32H37N5O4/c1-19-28(34-21(3)29(19)32(40)33-13-16-37-14-5-6-15-37)18-26-25-17-23(9-12-27(25)36-31(26)39)30(38)35-20(2)22-7-10-24(41-4)11-8-22/h7-12,17-18,20,34H,5-6,13-16H2,1-4H3,(H,33,40)(H,35,38)(H,36,39)/t20-/m1/s1. The number of hydrogen-bond acceptors (Lipinski definition) is 5. The summed E-state index contributed by atoms with van der Waals surface area (Å²) in [6.45, 7) is 9.27. The molecule has 0 unspecified atom stereocenters. The van der Waals surface area contributed by atoms with Gasteiger partial charge < -0.3 is 30.6 Å². The van der Waals surface area contributed by atoms with Gasteiger partial charge in [0.2, 0.25) is 0 Å². The Morgan fingerprint density at radius 1 is 1.07 bits per heavy atom. The second-order valence-corrected chi connectivity index (χ2v) is 10.7. The molecule has 0 radical (unpaired) electrons. The zero-order valence-corrected chi connectivity index (χ0v) is 24.0. The van der Waals surface area contributed by atoms with Crippen LogP contribution in [0.15, 0.2) is 42.5 Å². The van der Waals surface area contributed by atoms with E-state index in [0.29, 0.717) is 40.2 Å². The fraction of sp³-hybridized carbons (Fsp3) is 0.344. The number of carbonyl (C=O) groups excluding carboxylic acids is 3. The van der Waals surface area contributed by atoms with Gasteiger partial charge >= 0.3 is 0 Å². The Morgan fingerprint density at radius 2 is 1.80 bits per heavy atom. The summed E-state index contributed by atoms with van der Waals surface area (Å²) in [7, 11) is 1.61. The third-order valence-corrected chi connectivity index (χ3v) is 7.93. The largest absolute Gasteiger partial charge is 0.497 e. The van der Waals surface area contributed by atoms with Crippen LogP contribution < -0.4 is 20.7 Å². The first-order valence-electron chi connectivity index (χ1n) is 14.1. The minimum Gasteiger partial charge on any atom is -0.497 e. The summed E-state index contributed by atoms with van der Waals surface area (Å²) in [5, 5.41) is 8.95. The molecular formula is C32H37N5O4. The maximum Gasteiger partial charge on any atom is 0.256 e. The second-order valence-electron chi connectivity index (χ2n) is 10.7. The molecule has 1 aromatic heterocycles. The quantitative estimate of drug-likeness (QED) is 0.291. The minimum absolute atomic E-state index is 0.124. The van der Waals surface area contributed by atoms with E-state index in [9.17, 15) is 14.4 Å². The molecule has 1 saturated heterocycles. The Labute approximate surface area is 240 Å². The molecule has 3 amide bonds. The van der Waals surface area contributed by atoms with Gasteiger partial charge in [-0.25, -0.2) is 0 Å². The molecule has 214 valence electrons. The molecule has 9 heteroatoms. The lowest BCUT2D eigenvalue weighted by molar-refractivity contribution is -0.110. The van der Waals surface area contributed by atoms with E-state index in [1.807, 2.05) is 45.0 Å². The fourth-order valence-corrected chi connectivity index (χ4v) is 5.55. The number of nitrogens with one attached hydrogen (secondary N) is 4. The van der Waals surface area contributed by atoms with E-state index >= 15 is 0 Å². The van der Waals surface area contributed by atoms with Crippen molar-refractivity contribution in [1.82, 2.24) is 20.5 Å². The van der Waals surface area contributed by atoms with Gasteiger partial charge in [0.1, 0.15) is 5.75 Å². The van der Waals surface area contributed by atoms with Gasteiger partial charge in [-0.1, -0.05) is 12.1 Å². The van der Waals surface area contributed by atoms with Crippen LogP contribution in [0.1, 0.15) is 74.6 Å². The average molecular weight is 556 g/mol. The van der Waals surface area contributed by atoms with E-state index in [2.05, 4.69) is 25.8 Å². The first kappa shape index (κ1) is 28.2. The molecule has 2 aliphatic heterocycles. The number of carbonyl (C=O) groups is 3. The molecule has 1 atom stereocenters. The highest BCUT2D eigenvalue weighted by molar-refractivity contribution is 6.35. The molecular weight excluding hydrogens is 518 g/mol. The number of H-pyrrole nitrogens is 1. The molecule has 2 aromatic carbocycles. The Morgan fingerprint density at radius 3 is 2.51 bits per heavy atom. The maximum atomic E-state index is 13.1. The predicted molar refractivity (Wildman–Crippen MR) is 160 cm³/mol. The summed E-state index contributed by atoms with van der Waals surface area (Å²) in [5.74, 6) is 0.128. The third-order valence-electron chi connectivity index (χ3n) is 7.93. The Bertz CT molecular complexity index is 1500. The molecule has 41 heavy (non-hydrogen) atoms. The highest BCUT2D eigenvalue weighted by Crippen LogP contribution is 2.35. The van der Waals surface area contributed by atoms with Gasteiger partial charge in [-0.3, -0.25) is 14.4 Å². The highest BCUT2D eigenvalue weighted by Gasteiger charge is 2.27. The summed E-state index contributed by atoms with van der Waals surface area (Å²) >= 11 is 0. The topological polar surface area (TPSA) is 116 Å². The zero-order valence-electron chi connectivity index (χ0n) is 24.0. The summed E-state index contributed by atoms with van der Waals surface area (Å²) in [4.78, 5) is 44.7. The monoisotopic (exact) mass is 555 g/mol. The van der Waals surface area contributed by atoms with Crippen LogP contribution in [0.25, 0.3) is 11.6 Å². The molecule has 9 nitrogen and oxygen atoms in total. The van der Waals surface area contributed by atoms with E-state index in [-0.39, 0.29) is 23.8 Å². The van der Waals surface area contributed by atoms with Crippen molar-refractivity contribution >= 4 is 35.1 Å². The van der Waals surface area contributed by atoms with Gasteiger partial charge in [-0.2, -0.15) is 0 Å². The number of aryl methyl sites for hydroxylation is 1. The van der Waals surface area contributed by atoms with Crippen LogP contribution in [0.4, 0.5) is 5.69 Å². The van der Waals surface area contributed by atoms with Gasteiger partial charge in [0.25, 0.3) is 17.7 Å². The Hall–Kier alpha value is -4.37. The van der Waals surface area contributed by atoms with E-state index < -0.39 is 0 Å². The number of aromatic nitrogens is 1. The van der Waals surface area contributed by atoms with Crippen molar-refractivity contribution in [2.24, 2.45) is 0 Å². The van der Waals surface area contributed by atoms with Crippen molar-refractivity contribution in [3.8, 4) is 5.75 Å². The van der Waals surface area contributed by atoms with Crippen LogP contribution in [0, 0.1) is 13.8 Å². The molecule has 0 aliphatic carbocycles. The maximum absolute atomic E-state index is 13.1. The average Bonchev–Trinajstić information content (AvgIpc) is 3.66. The first-order valence-corrected chi connectivity index (χ1v) is 14.1. The van der Waals surface area contributed by atoms with Crippen LogP contribution in [0.3, 0.4) is 0 Å². The van der Waals surface area contributed by atoms with Crippen molar-refractivity contribution in [2.75, 3.05) is 38.6 Å². The lowest BCUT2D eigenvalue weighted by atomic mass is 10.0. The number of methoxy groups -OCH3 is 1. The zero-order chi connectivity index (χ0) is 29.1. The van der Waals surface area contributed by atoms with Gasteiger partial charge in [0.15, 0.2) is 0 Å². The summed E-state index contributed by atoms with van der Waals surface area (Å²) in [6, 6.07) is 12.5. The van der Waals surface area contributed by atoms with Gasteiger partial charge in [0, 0.05) is 41.3 Å². The van der Waals surface area contributed by atoms with E-state index in [1.165, 1.54) is 12.8 Å². The number of likely N-dealkylation sites (tertiary alicyclic amines) is 1. The predicted octanol–water partition coefficient (Wildman–Crippen LogP) is 4.45. The van der Waals surface area contributed by atoms with Crippen LogP contribution in [0.2, 0.25) is 0 Å². The Kier molecular flexibility index (Phi) is 8.26. The number of anilines is 1. The van der Waals surface area contributed by atoms with Crippen molar-refractivity contribution in [3.05, 3.63) is 81.7 Å². The van der Waals surface area contributed by atoms with Gasteiger partial charge in [-0.15, -0.1) is 0 Å². The molecule has 0 bridgehead atoms. The van der Waals surface area contributed by atoms with Crippen molar-refractivity contribution in [3.63, 3.8) is 0 Å². The second kappa shape index (κ2) is 12.0. The summed E-state index contributed by atoms with van der Waals surface area (Å²) in [5.41, 5.74) is 5.92. The number of fused-ring (bicyclic) bond motifs is 1. The molecule has 5 rings (SSSR count). The van der Waals surface area contributed by atoms with Crippen molar-refractivity contribution in [2.45, 2.75) is 39.7 Å². The normalized spacial score (nSPS) is 16.4. The molecule has 0 spiro atoms. The first-order chi connectivity index (χ1) is 19.7. The molecule has 3 aromatic rings. The third kappa shape index (κ3) is 6.05. The number of hydrogen-bond donors (Lipinski definition) is 4. The van der Waals surface area contributed by atoms with Gasteiger partial charge in [-0.05, 0) is 94.2 Å². The van der Waals surface area contributed by atoms with Crippen LogP contribution in [0.5, 0.6) is 5.75 Å². The van der Waals surface area contributed by atoms with Crippen LogP contribution in [-0.4, -0.2) is 60.9 Å². The SMILES string of the molecule is COc1ccc([C@@H](C)NC(=O)c2ccc3c(c2)C(=Cc2[nH]c(C)c(C(=O)NCCN4CCCC4)c2C)C(=O)N3)cc1. The molecule has 1 fully saturated rings. The van der Waals surface area contributed by atoms with Gasteiger partial charge in [0.05, 0.1) is 24.3 Å². The number of ether oxygens (including phenoxy) is 1. The Balaban J connectivity index is 1.32. The molecule has 4 N–H and O–H groups in total. The van der Waals surface area contributed by atoms with Crippen molar-refractivity contribution < 1.29 is 19.1 Å². The number of amides is 3. The van der Waals surface area contributed by atoms with E-state index in [0.717, 1.165) is 42.2 Å². The van der Waals surface area contributed by atoms with Crippen LogP contribution >= 0.6 is 0 Å². The number of aromatic amines is 1. The van der Waals surface area contributed by atoms with Crippen LogP contribution in [-0.2, 0) is 4.79 Å². The lowest BCUT2D eigenvalue weighted by Crippen LogP contribution is -2.33. The summed E-state index contributed by atoms with van der Waals surface area (Å²) in [6.07, 6.45) is 4.19. The smallest absolute Gasteiger partial charge is 0.256 e.